The van der Waals surface area contributed by atoms with E-state index in [1.54, 1.807) is 24.4 Å². The number of nitrogens with zero attached hydrogens (tertiary/aromatic N) is 4. The Morgan fingerprint density at radius 1 is 1.09 bits per heavy atom. The van der Waals surface area contributed by atoms with Crippen LogP contribution in [-0.4, -0.2) is 37.6 Å². The van der Waals surface area contributed by atoms with Crippen molar-refractivity contribution in [3.05, 3.63) is 80.1 Å². The fraction of sp³-hybridized carbons (Fsp3) is 0.217. The molecule has 0 aliphatic carbocycles. The molecule has 1 amide bonds. The van der Waals surface area contributed by atoms with Gasteiger partial charge in [0, 0.05) is 24.3 Å². The molecule has 0 saturated carbocycles. The Hall–Kier alpha value is -2.68. The molecule has 6 nitrogen and oxygen atoms in total. The van der Waals surface area contributed by atoms with E-state index in [-0.39, 0.29) is 18.0 Å². The number of anilines is 1. The van der Waals surface area contributed by atoms with Crippen molar-refractivity contribution in [3.63, 3.8) is 0 Å². The lowest BCUT2D eigenvalue weighted by atomic mass is 10.2. The standard InChI is InChI=1S/C23H19ClN4O2S2/c24-17-8-2-1-7-15(17)14-28-22(30)18(32-23(28)31)13-16-20(26-10-5-6-11-26)25-19-9-3-4-12-27(19)21(16)29/h1-4,7-9,12-13H,5-6,10-11,14H2/b18-13+. The second-order valence-corrected chi connectivity index (χ2v) is 9.72. The Kier molecular flexibility index (Phi) is 5.75. The molecule has 2 fully saturated rings. The summed E-state index contributed by atoms with van der Waals surface area (Å²) in [5, 5.41) is 0.582. The van der Waals surface area contributed by atoms with Gasteiger partial charge in [0.05, 0.1) is 17.0 Å². The number of amides is 1. The van der Waals surface area contributed by atoms with E-state index in [1.807, 2.05) is 30.3 Å². The van der Waals surface area contributed by atoms with Crippen LogP contribution in [0.25, 0.3) is 11.7 Å². The number of thiocarbonyl (C=S) groups is 1. The van der Waals surface area contributed by atoms with Crippen molar-refractivity contribution in [3.8, 4) is 0 Å². The van der Waals surface area contributed by atoms with Gasteiger partial charge in [-0.25, -0.2) is 4.98 Å². The first-order valence-electron chi connectivity index (χ1n) is 10.3. The molecule has 2 aromatic heterocycles. The van der Waals surface area contributed by atoms with E-state index >= 15 is 0 Å². The number of rotatable bonds is 4. The Morgan fingerprint density at radius 3 is 2.62 bits per heavy atom. The van der Waals surface area contributed by atoms with E-state index in [2.05, 4.69) is 4.90 Å². The quantitative estimate of drug-likeness (QED) is 0.407. The van der Waals surface area contributed by atoms with E-state index < -0.39 is 0 Å². The summed E-state index contributed by atoms with van der Waals surface area (Å²) in [7, 11) is 0. The van der Waals surface area contributed by atoms with Gasteiger partial charge in [0.1, 0.15) is 15.8 Å². The zero-order valence-electron chi connectivity index (χ0n) is 17.0. The average Bonchev–Trinajstić information content (AvgIpc) is 3.42. The largest absolute Gasteiger partial charge is 0.356 e. The third-order valence-electron chi connectivity index (χ3n) is 5.59. The molecule has 2 aliphatic rings. The zero-order chi connectivity index (χ0) is 22.2. The molecule has 0 radical (unpaired) electrons. The number of thioether (sulfide) groups is 1. The van der Waals surface area contributed by atoms with Crippen molar-refractivity contribution in [2.45, 2.75) is 19.4 Å². The molecule has 9 heteroatoms. The maximum atomic E-state index is 13.4. The van der Waals surface area contributed by atoms with Crippen LogP contribution in [0.4, 0.5) is 5.82 Å². The van der Waals surface area contributed by atoms with Crippen molar-refractivity contribution >= 4 is 63.3 Å². The molecule has 1 aromatic carbocycles. The Labute approximate surface area is 199 Å². The lowest BCUT2D eigenvalue weighted by Crippen LogP contribution is -2.28. The fourth-order valence-corrected chi connectivity index (χ4v) is 5.38. The van der Waals surface area contributed by atoms with E-state index in [1.165, 1.54) is 21.1 Å². The molecule has 32 heavy (non-hydrogen) atoms. The predicted octanol–water partition coefficient (Wildman–Crippen LogP) is 4.35. The highest BCUT2D eigenvalue weighted by molar-refractivity contribution is 8.26. The second kappa shape index (κ2) is 8.69. The van der Waals surface area contributed by atoms with Gasteiger partial charge in [0.15, 0.2) is 0 Å². The molecular formula is C23H19ClN4O2S2. The summed E-state index contributed by atoms with van der Waals surface area (Å²) >= 11 is 12.9. The smallest absolute Gasteiger partial charge is 0.267 e. The van der Waals surface area contributed by atoms with Crippen molar-refractivity contribution in [2.24, 2.45) is 0 Å². The van der Waals surface area contributed by atoms with E-state index in [0.717, 1.165) is 31.5 Å². The lowest BCUT2D eigenvalue weighted by Gasteiger charge is -2.19. The molecule has 0 unspecified atom stereocenters. The van der Waals surface area contributed by atoms with Gasteiger partial charge in [-0.2, -0.15) is 0 Å². The zero-order valence-corrected chi connectivity index (χ0v) is 19.4. The van der Waals surface area contributed by atoms with Gasteiger partial charge in [-0.3, -0.25) is 18.9 Å². The number of carbonyl (C=O) groups excluding carboxylic acids is 1. The molecule has 162 valence electrons. The maximum absolute atomic E-state index is 13.4. The molecule has 0 bridgehead atoms. The summed E-state index contributed by atoms with van der Waals surface area (Å²) in [4.78, 5) is 35.4. The molecule has 0 N–H and O–H groups in total. The summed E-state index contributed by atoms with van der Waals surface area (Å²) in [6.07, 6.45) is 5.44. The summed E-state index contributed by atoms with van der Waals surface area (Å²) in [5.74, 6) is 0.389. The number of hydrogen-bond donors (Lipinski definition) is 0. The van der Waals surface area contributed by atoms with Crippen LogP contribution >= 0.6 is 35.6 Å². The SMILES string of the molecule is O=C1/C(=C\c2c(N3CCCC3)nc3ccccn3c2=O)SC(=S)N1Cc1ccccc1Cl. The summed E-state index contributed by atoms with van der Waals surface area (Å²) < 4.78 is 1.95. The maximum Gasteiger partial charge on any atom is 0.267 e. The van der Waals surface area contributed by atoms with Crippen LogP contribution in [0.2, 0.25) is 5.02 Å². The molecule has 2 aliphatic heterocycles. The molecule has 5 rings (SSSR count). The number of fused-ring (bicyclic) bond motifs is 1. The van der Waals surface area contributed by atoms with Crippen molar-refractivity contribution < 1.29 is 4.79 Å². The minimum absolute atomic E-state index is 0.200. The Balaban J connectivity index is 1.56. The van der Waals surface area contributed by atoms with Gasteiger partial charge in [0.2, 0.25) is 0 Å². The van der Waals surface area contributed by atoms with Crippen LogP contribution in [0, 0.1) is 0 Å². The van der Waals surface area contributed by atoms with Gasteiger partial charge in [-0.1, -0.05) is 59.8 Å². The van der Waals surface area contributed by atoms with E-state index in [9.17, 15) is 9.59 Å². The molecule has 0 atom stereocenters. The van der Waals surface area contributed by atoms with Crippen molar-refractivity contribution in [1.29, 1.82) is 0 Å². The predicted molar refractivity (Wildman–Crippen MR) is 133 cm³/mol. The molecule has 3 aromatic rings. The first-order chi connectivity index (χ1) is 15.5. The van der Waals surface area contributed by atoms with Gasteiger partial charge in [0.25, 0.3) is 11.5 Å². The summed E-state index contributed by atoms with van der Waals surface area (Å²) in [5.41, 5.74) is 1.61. The van der Waals surface area contributed by atoms with Crippen LogP contribution in [-0.2, 0) is 11.3 Å². The molecule has 4 heterocycles. The number of hydrogen-bond acceptors (Lipinski definition) is 6. The van der Waals surface area contributed by atoms with Crippen molar-refractivity contribution in [1.82, 2.24) is 14.3 Å². The van der Waals surface area contributed by atoms with Gasteiger partial charge >= 0.3 is 0 Å². The fourth-order valence-electron chi connectivity index (χ4n) is 3.95. The Bertz CT molecular complexity index is 1330. The van der Waals surface area contributed by atoms with Gasteiger partial charge < -0.3 is 4.90 Å². The number of pyridine rings is 1. The molecule has 0 spiro atoms. The van der Waals surface area contributed by atoms with Gasteiger partial charge in [-0.05, 0) is 42.7 Å². The van der Waals surface area contributed by atoms with Crippen LogP contribution in [0.3, 0.4) is 0 Å². The van der Waals surface area contributed by atoms with Crippen LogP contribution < -0.4 is 10.5 Å². The monoisotopic (exact) mass is 482 g/mol. The highest BCUT2D eigenvalue weighted by atomic mass is 35.5. The number of halogens is 1. The van der Waals surface area contributed by atoms with Crippen LogP contribution in [0.1, 0.15) is 24.0 Å². The van der Waals surface area contributed by atoms with E-state index in [4.69, 9.17) is 28.8 Å². The number of carbonyl (C=O) groups is 1. The highest BCUT2D eigenvalue weighted by Gasteiger charge is 2.33. The first-order valence-corrected chi connectivity index (χ1v) is 11.9. The highest BCUT2D eigenvalue weighted by Crippen LogP contribution is 2.35. The molecule has 2 saturated heterocycles. The third kappa shape index (κ3) is 3.83. The van der Waals surface area contributed by atoms with Crippen LogP contribution in [0.15, 0.2) is 58.4 Å². The minimum Gasteiger partial charge on any atom is -0.356 e. The Morgan fingerprint density at radius 2 is 1.84 bits per heavy atom. The third-order valence-corrected chi connectivity index (χ3v) is 7.34. The summed E-state index contributed by atoms with van der Waals surface area (Å²) in [6, 6.07) is 12.8. The topological polar surface area (TPSA) is 57.9 Å². The minimum atomic E-state index is -0.232. The van der Waals surface area contributed by atoms with E-state index in [0.29, 0.717) is 31.3 Å². The molecular weight excluding hydrogens is 464 g/mol. The normalized spacial score (nSPS) is 17.8. The second-order valence-electron chi connectivity index (χ2n) is 7.64. The average molecular weight is 483 g/mol. The lowest BCUT2D eigenvalue weighted by molar-refractivity contribution is -0.122. The van der Waals surface area contributed by atoms with Crippen molar-refractivity contribution in [2.75, 3.05) is 18.0 Å². The first kappa shape index (κ1) is 21.2. The number of aromatic nitrogens is 2. The van der Waals surface area contributed by atoms with Crippen LogP contribution in [0.5, 0.6) is 0 Å². The number of benzene rings is 1. The van der Waals surface area contributed by atoms with Gasteiger partial charge in [-0.15, -0.1) is 0 Å². The summed E-state index contributed by atoms with van der Waals surface area (Å²) in [6.45, 7) is 1.96.